The van der Waals surface area contributed by atoms with Gasteiger partial charge in [-0.15, -0.1) is 11.3 Å². The average molecular weight is 378 g/mol. The molecule has 0 radical (unpaired) electrons. The molecule has 4 aromatic rings. The highest BCUT2D eigenvalue weighted by atomic mass is 32.1. The number of fused-ring (bicyclic) bond motifs is 1. The first-order chi connectivity index (χ1) is 13.1. The maximum absolute atomic E-state index is 12.3. The number of para-hydroxylation sites is 1. The number of methoxy groups -OCH3 is 1. The van der Waals surface area contributed by atoms with Crippen LogP contribution in [0.1, 0.15) is 10.4 Å². The Kier molecular flexibility index (Phi) is 4.43. The van der Waals surface area contributed by atoms with Gasteiger partial charge in [0.25, 0.3) is 5.91 Å². The monoisotopic (exact) mass is 378 g/mol. The Morgan fingerprint density at radius 1 is 1.15 bits per heavy atom. The molecular weight excluding hydrogens is 364 g/mol. The highest BCUT2D eigenvalue weighted by Crippen LogP contribution is 2.25. The molecule has 1 amide bonds. The third-order valence-corrected chi connectivity index (χ3v) is 4.75. The SMILES string of the molecule is COc1ccc(C(=O)Nc2nc(-c3cc4ccccc4oc3=O)cs2)cc1. The van der Waals surface area contributed by atoms with E-state index in [2.05, 4.69) is 10.3 Å². The number of benzene rings is 2. The van der Waals surface area contributed by atoms with Gasteiger partial charge in [-0.3, -0.25) is 10.1 Å². The normalized spacial score (nSPS) is 10.7. The summed E-state index contributed by atoms with van der Waals surface area (Å²) in [5, 5.41) is 5.66. The first-order valence-corrected chi connectivity index (χ1v) is 8.96. The highest BCUT2D eigenvalue weighted by Gasteiger charge is 2.13. The summed E-state index contributed by atoms with van der Waals surface area (Å²) in [6, 6.07) is 15.8. The van der Waals surface area contributed by atoms with Crippen LogP contribution in [0, 0.1) is 0 Å². The summed E-state index contributed by atoms with van der Waals surface area (Å²) in [5.41, 5.74) is 1.36. The van der Waals surface area contributed by atoms with E-state index in [1.165, 1.54) is 11.3 Å². The lowest BCUT2D eigenvalue weighted by Gasteiger charge is -2.03. The minimum Gasteiger partial charge on any atom is -0.497 e. The molecule has 0 saturated heterocycles. The lowest BCUT2D eigenvalue weighted by Crippen LogP contribution is -2.11. The quantitative estimate of drug-likeness (QED) is 0.539. The standard InChI is InChI=1S/C20H14N2O4S/c1-25-14-8-6-12(7-9-14)18(23)22-20-21-16(11-27-20)15-10-13-4-2-3-5-17(13)26-19(15)24/h2-11H,1H3,(H,21,22,23). The van der Waals surface area contributed by atoms with Crippen molar-refractivity contribution in [3.05, 3.63) is 76.0 Å². The Balaban J connectivity index is 1.59. The summed E-state index contributed by atoms with van der Waals surface area (Å²) in [4.78, 5) is 28.9. The van der Waals surface area contributed by atoms with Crippen molar-refractivity contribution < 1.29 is 13.9 Å². The predicted molar refractivity (Wildman–Crippen MR) is 105 cm³/mol. The molecule has 7 heteroatoms. The van der Waals surface area contributed by atoms with E-state index in [1.54, 1.807) is 55.0 Å². The zero-order valence-corrected chi connectivity index (χ0v) is 15.1. The van der Waals surface area contributed by atoms with Gasteiger partial charge in [-0.2, -0.15) is 0 Å². The smallest absolute Gasteiger partial charge is 0.345 e. The van der Waals surface area contributed by atoms with Gasteiger partial charge in [-0.1, -0.05) is 18.2 Å². The number of hydrogen-bond acceptors (Lipinski definition) is 6. The van der Waals surface area contributed by atoms with Crippen LogP contribution in [0.2, 0.25) is 0 Å². The molecule has 0 spiro atoms. The molecule has 1 N–H and O–H groups in total. The molecule has 2 heterocycles. The van der Waals surface area contributed by atoms with E-state index in [1.807, 2.05) is 12.1 Å². The molecule has 0 aliphatic heterocycles. The van der Waals surface area contributed by atoms with Crippen LogP contribution in [0.3, 0.4) is 0 Å². The van der Waals surface area contributed by atoms with Gasteiger partial charge in [-0.05, 0) is 36.4 Å². The molecule has 0 saturated carbocycles. The van der Waals surface area contributed by atoms with Crippen molar-refractivity contribution in [2.24, 2.45) is 0 Å². The van der Waals surface area contributed by atoms with Crippen molar-refractivity contribution in [2.75, 3.05) is 12.4 Å². The predicted octanol–water partition coefficient (Wildman–Crippen LogP) is 4.18. The van der Waals surface area contributed by atoms with E-state index < -0.39 is 5.63 Å². The number of ether oxygens (including phenoxy) is 1. The number of carbonyl (C=O) groups excluding carboxylic acids is 1. The van der Waals surface area contributed by atoms with Crippen molar-refractivity contribution in [1.82, 2.24) is 4.98 Å². The Hall–Kier alpha value is -3.45. The van der Waals surface area contributed by atoms with Crippen molar-refractivity contribution >= 4 is 33.3 Å². The van der Waals surface area contributed by atoms with Crippen LogP contribution in [0.25, 0.3) is 22.2 Å². The third kappa shape index (κ3) is 3.45. The summed E-state index contributed by atoms with van der Waals surface area (Å²) >= 11 is 1.24. The van der Waals surface area contributed by atoms with Crippen molar-refractivity contribution in [1.29, 1.82) is 0 Å². The van der Waals surface area contributed by atoms with E-state index >= 15 is 0 Å². The van der Waals surface area contributed by atoms with Crippen molar-refractivity contribution in [3.8, 4) is 17.0 Å². The minimum absolute atomic E-state index is 0.288. The molecular formula is C20H14N2O4S. The number of nitrogens with one attached hydrogen (secondary N) is 1. The molecule has 2 aromatic carbocycles. The first kappa shape index (κ1) is 17.0. The van der Waals surface area contributed by atoms with Crippen LogP contribution >= 0.6 is 11.3 Å². The average Bonchev–Trinajstić information content (AvgIpc) is 3.15. The zero-order valence-electron chi connectivity index (χ0n) is 14.3. The summed E-state index contributed by atoms with van der Waals surface area (Å²) in [7, 11) is 1.57. The van der Waals surface area contributed by atoms with Gasteiger partial charge in [0.15, 0.2) is 5.13 Å². The number of rotatable bonds is 4. The number of anilines is 1. The lowest BCUT2D eigenvalue weighted by molar-refractivity contribution is 0.102. The molecule has 0 unspecified atom stereocenters. The van der Waals surface area contributed by atoms with Gasteiger partial charge in [0.05, 0.1) is 18.4 Å². The third-order valence-electron chi connectivity index (χ3n) is 3.99. The minimum atomic E-state index is -0.466. The summed E-state index contributed by atoms with van der Waals surface area (Å²) in [6.07, 6.45) is 0. The second-order valence-electron chi connectivity index (χ2n) is 5.71. The number of nitrogens with zero attached hydrogens (tertiary/aromatic N) is 1. The Bertz CT molecular complexity index is 1180. The lowest BCUT2D eigenvalue weighted by atomic mass is 10.1. The van der Waals surface area contributed by atoms with Gasteiger partial charge in [0, 0.05) is 16.3 Å². The van der Waals surface area contributed by atoms with Crippen molar-refractivity contribution in [3.63, 3.8) is 0 Å². The van der Waals surface area contributed by atoms with Gasteiger partial charge in [-0.25, -0.2) is 9.78 Å². The van der Waals surface area contributed by atoms with E-state index in [-0.39, 0.29) is 5.91 Å². The number of carbonyl (C=O) groups is 1. The Morgan fingerprint density at radius 2 is 1.93 bits per heavy atom. The number of thiazole rings is 1. The zero-order chi connectivity index (χ0) is 18.8. The number of aromatic nitrogens is 1. The second-order valence-corrected chi connectivity index (χ2v) is 6.56. The number of hydrogen-bond donors (Lipinski definition) is 1. The largest absolute Gasteiger partial charge is 0.497 e. The fourth-order valence-corrected chi connectivity index (χ4v) is 3.31. The molecule has 2 aromatic heterocycles. The second kappa shape index (κ2) is 7.05. The Labute approximate surface area is 158 Å². The fraction of sp³-hybridized carbons (Fsp3) is 0.0500. The molecule has 27 heavy (non-hydrogen) atoms. The van der Waals surface area contributed by atoms with Crippen LogP contribution in [0.4, 0.5) is 5.13 Å². The number of amides is 1. The molecule has 0 aliphatic carbocycles. The molecule has 0 aliphatic rings. The molecule has 0 fully saturated rings. The summed E-state index contributed by atoms with van der Waals surface area (Å²) in [5.74, 6) is 0.384. The molecule has 0 atom stereocenters. The maximum Gasteiger partial charge on any atom is 0.345 e. The summed E-state index contributed by atoms with van der Waals surface area (Å²) < 4.78 is 10.4. The van der Waals surface area contributed by atoms with Crippen molar-refractivity contribution in [2.45, 2.75) is 0 Å². The van der Waals surface area contributed by atoms with E-state index in [0.717, 1.165) is 5.39 Å². The molecule has 4 rings (SSSR count). The van der Waals surface area contributed by atoms with Crippen LogP contribution in [-0.2, 0) is 0 Å². The van der Waals surface area contributed by atoms with Gasteiger partial charge >= 0.3 is 5.63 Å². The molecule has 0 bridgehead atoms. The van der Waals surface area contributed by atoms with Gasteiger partial charge < -0.3 is 9.15 Å². The van der Waals surface area contributed by atoms with Gasteiger partial charge in [0.2, 0.25) is 0 Å². The van der Waals surface area contributed by atoms with Crippen LogP contribution in [0.5, 0.6) is 5.75 Å². The fourth-order valence-electron chi connectivity index (χ4n) is 2.61. The highest BCUT2D eigenvalue weighted by molar-refractivity contribution is 7.14. The summed E-state index contributed by atoms with van der Waals surface area (Å²) in [6.45, 7) is 0. The molecule has 6 nitrogen and oxygen atoms in total. The van der Waals surface area contributed by atoms with E-state index in [0.29, 0.717) is 33.3 Å². The topological polar surface area (TPSA) is 81.4 Å². The van der Waals surface area contributed by atoms with Crippen LogP contribution in [0.15, 0.2) is 69.2 Å². The Morgan fingerprint density at radius 3 is 2.70 bits per heavy atom. The van der Waals surface area contributed by atoms with E-state index in [9.17, 15) is 9.59 Å². The van der Waals surface area contributed by atoms with Crippen LogP contribution < -0.4 is 15.7 Å². The maximum atomic E-state index is 12.3. The van der Waals surface area contributed by atoms with Gasteiger partial charge in [0.1, 0.15) is 11.3 Å². The van der Waals surface area contributed by atoms with E-state index in [4.69, 9.17) is 9.15 Å². The first-order valence-electron chi connectivity index (χ1n) is 8.08. The molecule has 134 valence electrons. The van der Waals surface area contributed by atoms with Crippen LogP contribution in [-0.4, -0.2) is 18.0 Å².